The number of nitro groups is 2. The smallest absolute Gasteiger partial charge is 0.757 e. The maximum absolute atomic E-state index is 11.4. The minimum Gasteiger partial charge on any atom is -0.757 e. The maximum Gasteiger partial charge on any atom is 1.00 e. The maximum atomic E-state index is 11.4. The average molecular weight is 922 g/mol. The summed E-state index contributed by atoms with van der Waals surface area (Å²) >= 11 is 10.5. The minimum atomic E-state index is -1.19. The Hall–Kier alpha value is -2.59. The van der Waals surface area contributed by atoms with Crippen LogP contribution in [0.5, 0.6) is 0 Å². The van der Waals surface area contributed by atoms with Crippen molar-refractivity contribution in [3.63, 3.8) is 0 Å². The Bertz CT molecular complexity index is 1250. The van der Waals surface area contributed by atoms with Crippen molar-refractivity contribution >= 4 is 81.4 Å². The zero-order valence-corrected chi connectivity index (χ0v) is 32.1. The number of carbonyl (C=O) groups is 4. The largest absolute Gasteiger partial charge is 1.00 e. The first-order valence-corrected chi connectivity index (χ1v) is 16.9. The van der Waals surface area contributed by atoms with Crippen LogP contribution in [0.1, 0.15) is 48.5 Å². The van der Waals surface area contributed by atoms with Crippen LogP contribution >= 0.6 is 19.5 Å². The van der Waals surface area contributed by atoms with Gasteiger partial charge in [0.25, 0.3) is 11.4 Å². The van der Waals surface area contributed by atoms with Crippen molar-refractivity contribution in [1.82, 2.24) is 0 Å². The first kappa shape index (κ1) is 47.5. The van der Waals surface area contributed by atoms with Crippen LogP contribution in [0.4, 0.5) is 11.4 Å². The van der Waals surface area contributed by atoms with Gasteiger partial charge in [-0.3, -0.25) is 39.4 Å². The average Bonchev–Trinajstić information content (AvgIpc) is 3.00. The molecule has 5 atom stereocenters. The summed E-state index contributed by atoms with van der Waals surface area (Å²) < 4.78 is 31.6. The molecule has 1 aliphatic heterocycles. The van der Waals surface area contributed by atoms with Crippen LogP contribution in [0.25, 0.3) is 0 Å². The Kier molecular flexibility index (Phi) is 27.0. The van der Waals surface area contributed by atoms with Crippen LogP contribution < -0.4 is 0 Å². The van der Waals surface area contributed by atoms with E-state index < -0.39 is 69.3 Å². The van der Waals surface area contributed by atoms with Crippen molar-refractivity contribution in [2.75, 3.05) is 25.1 Å². The van der Waals surface area contributed by atoms with Gasteiger partial charge in [-0.2, -0.15) is 0 Å². The molecule has 1 aromatic carbocycles. The van der Waals surface area contributed by atoms with Crippen LogP contribution in [-0.4, -0.2) is 103 Å². The molecule has 2 rings (SSSR count). The molecule has 1 fully saturated rings. The van der Waals surface area contributed by atoms with E-state index in [0.717, 1.165) is 45.1 Å². The SMILES string of the molecule is CC(=O)OC[C@H]1O[C@@H]([S-])[C@H](OC(C)=O)[C@@H](OC(C)=O)[C@@H]1OC(C)=O.CC[PH+](CC)CC.O=[N+]([O-])c1ccc(Cl)c([N+](=O)[O-])c1.[2H]N=C[B].[Au+]. The van der Waals surface area contributed by atoms with Gasteiger partial charge in [0.05, 0.1) is 34.4 Å². The fourth-order valence-electron chi connectivity index (χ4n) is 3.69. The molecule has 0 spiro atoms. The van der Waals surface area contributed by atoms with E-state index in [1.54, 1.807) is 0 Å². The number of halogens is 1. The predicted octanol–water partition coefficient (Wildman–Crippen LogP) is 3.79. The first-order chi connectivity index (χ1) is 22.4. The number of esters is 4. The van der Waals surface area contributed by atoms with Gasteiger partial charge in [0, 0.05) is 33.8 Å². The third-order valence-electron chi connectivity index (χ3n) is 5.79. The summed E-state index contributed by atoms with van der Waals surface area (Å²) in [5, 5.41) is 23.0. The fraction of sp³-hybridized carbons (Fsp3) is 0.593. The van der Waals surface area contributed by atoms with Crippen molar-refractivity contribution in [3.05, 3.63) is 43.5 Å². The van der Waals surface area contributed by atoms with E-state index in [-0.39, 0.29) is 47.6 Å². The van der Waals surface area contributed by atoms with E-state index in [1.165, 1.54) is 25.4 Å². The van der Waals surface area contributed by atoms with Crippen LogP contribution in [0.2, 0.25) is 6.43 Å². The molecule has 1 saturated heterocycles. The summed E-state index contributed by atoms with van der Waals surface area (Å²) in [4.78, 5) is 64.1. The molecule has 1 heterocycles. The number of nitro benzene ring substituents is 2. The van der Waals surface area contributed by atoms with Crippen molar-refractivity contribution in [1.29, 1.82) is 5.40 Å². The summed E-state index contributed by atoms with van der Waals surface area (Å²) in [6, 6.07) is 3.05. The van der Waals surface area contributed by atoms with Gasteiger partial charge in [0.15, 0.2) is 13.6 Å². The Labute approximate surface area is 309 Å². The Balaban J connectivity index is -0.000000704. The molecule has 1 aromatic rings. The molecule has 0 amide bonds. The zero-order valence-electron chi connectivity index (χ0n) is 28.3. The van der Waals surface area contributed by atoms with Crippen molar-refractivity contribution < 1.29 is 76.5 Å². The number of ether oxygens (including phenoxy) is 5. The third kappa shape index (κ3) is 20.7. The molecule has 0 saturated carbocycles. The standard InChI is InChI=1S/C14H20O9S.C6H3ClN2O4.C6H15P.CH2BN.Au/c1-6(15)19-5-10-11(20-7(2)16)12(21-8(3)17)13(14(24)23-10)22-9(4)18;7-5-2-1-4(8(10)11)3-6(5)9(12)13;1-4-7(5-2)6-3;2-1-3;/h10-14,24H,5H2,1-4H3;1-3H;4-6H2,1-3H3;1,3H;/q;;;;+1/t10-,11-,12+,13-,14+;;;;/m1..../s1/i/hD. The number of carbonyl (C=O) groups excluding carboxylic acids is 4. The summed E-state index contributed by atoms with van der Waals surface area (Å²) in [7, 11) is 4.69. The Morgan fingerprint density at radius 3 is 1.77 bits per heavy atom. The number of non-ortho nitro benzene ring substituents is 1. The van der Waals surface area contributed by atoms with Crippen LogP contribution in [0.15, 0.2) is 18.2 Å². The van der Waals surface area contributed by atoms with Gasteiger partial charge in [0.1, 0.15) is 31.7 Å². The van der Waals surface area contributed by atoms with Gasteiger partial charge in [-0.05, 0) is 40.2 Å². The van der Waals surface area contributed by atoms with Crippen molar-refractivity contribution in [2.24, 2.45) is 0 Å². The minimum absolute atomic E-state index is 0. The number of hydrogen-bond acceptors (Lipinski definition) is 15. The monoisotopic (exact) mass is 921 g/mol. The van der Waals surface area contributed by atoms with Crippen LogP contribution in [0, 0.1) is 25.6 Å². The summed E-state index contributed by atoms with van der Waals surface area (Å²) in [6.45, 7) is 11.3. The molecule has 0 bridgehead atoms. The predicted molar refractivity (Wildman–Crippen MR) is 179 cm³/mol. The normalized spacial score (nSPS) is 19.5. The van der Waals surface area contributed by atoms with Gasteiger partial charge in [-0.1, -0.05) is 17.7 Å². The van der Waals surface area contributed by atoms with Crippen molar-refractivity contribution in [3.8, 4) is 0 Å². The molecule has 16 nitrogen and oxygen atoms in total. The number of hydrogen-bond donors (Lipinski definition) is 1. The topological polar surface area (TPSA) is 225 Å². The van der Waals surface area contributed by atoms with Gasteiger partial charge in [-0.25, -0.2) is 0 Å². The van der Waals surface area contributed by atoms with E-state index in [9.17, 15) is 39.4 Å². The summed E-state index contributed by atoms with van der Waals surface area (Å²) in [6.07, 6.45) is 0.810. The van der Waals surface area contributed by atoms with E-state index in [2.05, 4.69) is 34.0 Å². The number of nitrogens with zero attached hydrogens (tertiary/aromatic N) is 2. The zero-order chi connectivity index (χ0) is 37.6. The second-order valence-electron chi connectivity index (χ2n) is 9.18. The Morgan fingerprint density at radius 1 is 0.958 bits per heavy atom. The molecule has 2 radical (unpaired) electrons. The molecule has 21 heteroatoms. The van der Waals surface area contributed by atoms with E-state index in [0.29, 0.717) is 0 Å². The Morgan fingerprint density at radius 2 is 1.42 bits per heavy atom. The molecule has 272 valence electrons. The number of benzene rings is 1. The number of nitrogens with one attached hydrogen (secondary N) is 1. The molecule has 1 N–H and O–H groups in total. The van der Waals surface area contributed by atoms with E-state index in [4.69, 9.17) is 49.3 Å². The number of rotatable bonds is 10. The second kappa shape index (κ2) is 27.3. The molecule has 0 aromatic heterocycles. The molecular weight excluding hydrogens is 881 g/mol. The van der Waals surface area contributed by atoms with Gasteiger partial charge in [-0.15, -0.1) is 0 Å². The third-order valence-corrected chi connectivity index (χ3v) is 9.48. The fourth-order valence-corrected chi connectivity index (χ4v) is 5.73. The van der Waals surface area contributed by atoms with Gasteiger partial charge in [0.2, 0.25) is 0 Å². The molecule has 48 heavy (non-hydrogen) atoms. The van der Waals surface area contributed by atoms with Crippen LogP contribution in [-0.2, 0) is 77.9 Å². The van der Waals surface area contributed by atoms with Crippen LogP contribution in [0.3, 0.4) is 0 Å². The first-order valence-electron chi connectivity index (χ1n) is 14.4. The van der Waals surface area contributed by atoms with E-state index >= 15 is 0 Å². The quantitative estimate of drug-likeness (QED) is 0.0516. The second-order valence-corrected chi connectivity index (χ2v) is 13.7. The summed E-state index contributed by atoms with van der Waals surface area (Å²) in [5.74, 6) is -2.62. The molecule has 1 aliphatic rings. The van der Waals surface area contributed by atoms with Crippen molar-refractivity contribution in [2.45, 2.75) is 78.3 Å². The summed E-state index contributed by atoms with van der Waals surface area (Å²) in [5.41, 5.74) is -1.91. The molecular formula is C27H40AuBClN3O13PS+. The van der Waals surface area contributed by atoms with Gasteiger partial charge >= 0.3 is 46.3 Å². The van der Waals surface area contributed by atoms with E-state index in [1.807, 2.05) is 0 Å². The van der Waals surface area contributed by atoms with Gasteiger partial charge < -0.3 is 41.7 Å². The molecule has 0 aliphatic carbocycles. The molecule has 0 unspecified atom stereocenters.